The summed E-state index contributed by atoms with van der Waals surface area (Å²) >= 11 is 0. The van der Waals surface area contributed by atoms with Crippen molar-refractivity contribution in [1.29, 1.82) is 0 Å². The van der Waals surface area contributed by atoms with Crippen LogP contribution in [0.2, 0.25) is 0 Å². The lowest BCUT2D eigenvalue weighted by Crippen LogP contribution is -2.51. The first-order valence-corrected chi connectivity index (χ1v) is 8.74. The standard InChI is InChI=1S/C20H19N3O4/c24-17(25)16-11-20(13-21-16)18(26)23(15-9-5-2-6-10-15)19(27)22(20)12-14-7-3-1-4-8-14/h1-10,16,21H,11-13H2,(H,24,25)/t16-,20-/m0/s1. The Labute approximate surface area is 156 Å². The molecule has 0 aliphatic carbocycles. The maximum Gasteiger partial charge on any atom is 0.332 e. The second kappa shape index (κ2) is 6.51. The Balaban J connectivity index is 1.75. The first-order valence-electron chi connectivity index (χ1n) is 8.74. The van der Waals surface area contributed by atoms with E-state index in [0.717, 1.165) is 10.5 Å². The van der Waals surface area contributed by atoms with E-state index in [1.807, 2.05) is 36.4 Å². The number of hydrogen-bond acceptors (Lipinski definition) is 4. The number of carbonyl (C=O) groups is 3. The third kappa shape index (κ3) is 2.76. The molecule has 0 aromatic heterocycles. The molecule has 7 heteroatoms. The normalized spacial score (nSPS) is 24.8. The van der Waals surface area contributed by atoms with Crippen LogP contribution in [0.15, 0.2) is 60.7 Å². The van der Waals surface area contributed by atoms with Gasteiger partial charge in [-0.25, -0.2) is 9.69 Å². The van der Waals surface area contributed by atoms with E-state index in [2.05, 4.69) is 5.32 Å². The minimum absolute atomic E-state index is 0.0447. The average Bonchev–Trinajstić information content (AvgIpc) is 3.21. The molecule has 2 aliphatic rings. The number of carbonyl (C=O) groups excluding carboxylic acids is 2. The Hall–Kier alpha value is -3.19. The van der Waals surface area contributed by atoms with Crippen molar-refractivity contribution in [3.8, 4) is 0 Å². The number of aliphatic carboxylic acids is 1. The van der Waals surface area contributed by atoms with Crippen molar-refractivity contribution >= 4 is 23.6 Å². The summed E-state index contributed by atoms with van der Waals surface area (Å²) in [7, 11) is 0. The molecular weight excluding hydrogens is 346 g/mol. The zero-order chi connectivity index (χ0) is 19.0. The summed E-state index contributed by atoms with van der Waals surface area (Å²) in [6, 6.07) is 16.8. The Morgan fingerprint density at radius 2 is 1.70 bits per heavy atom. The van der Waals surface area contributed by atoms with Crippen molar-refractivity contribution < 1.29 is 19.5 Å². The molecule has 0 bridgehead atoms. The number of imide groups is 1. The van der Waals surface area contributed by atoms with E-state index >= 15 is 0 Å². The fourth-order valence-electron chi connectivity index (χ4n) is 3.82. The fraction of sp³-hybridized carbons (Fsp3) is 0.250. The first kappa shape index (κ1) is 17.2. The predicted octanol–water partition coefficient (Wildman–Crippen LogP) is 1.84. The summed E-state index contributed by atoms with van der Waals surface area (Å²) in [4.78, 5) is 40.7. The van der Waals surface area contributed by atoms with Crippen LogP contribution in [0.1, 0.15) is 12.0 Å². The Morgan fingerprint density at radius 3 is 2.30 bits per heavy atom. The molecule has 2 atom stereocenters. The predicted molar refractivity (Wildman–Crippen MR) is 98.1 cm³/mol. The van der Waals surface area contributed by atoms with Gasteiger partial charge in [0.2, 0.25) is 0 Å². The van der Waals surface area contributed by atoms with Gasteiger partial charge < -0.3 is 15.3 Å². The Bertz CT molecular complexity index is 887. The number of urea groups is 1. The zero-order valence-electron chi connectivity index (χ0n) is 14.5. The SMILES string of the molecule is O=C(O)[C@@H]1C[C@]2(CN1)C(=O)N(c1ccccc1)C(=O)N2Cc1ccccc1. The van der Waals surface area contributed by atoms with Crippen LogP contribution in [0.5, 0.6) is 0 Å². The largest absolute Gasteiger partial charge is 0.480 e. The molecule has 2 aromatic rings. The maximum absolute atomic E-state index is 13.3. The van der Waals surface area contributed by atoms with Gasteiger partial charge in [0.15, 0.2) is 0 Å². The number of hydrogen-bond donors (Lipinski definition) is 2. The highest BCUT2D eigenvalue weighted by atomic mass is 16.4. The van der Waals surface area contributed by atoms with Crippen LogP contribution in [0.4, 0.5) is 10.5 Å². The quantitative estimate of drug-likeness (QED) is 0.807. The van der Waals surface area contributed by atoms with Gasteiger partial charge in [-0.05, 0) is 17.7 Å². The lowest BCUT2D eigenvalue weighted by Gasteiger charge is -2.30. The van der Waals surface area contributed by atoms with Crippen LogP contribution < -0.4 is 10.2 Å². The molecule has 2 saturated heterocycles. The summed E-state index contributed by atoms with van der Waals surface area (Å²) in [6.07, 6.45) is 0.0447. The molecule has 3 amide bonds. The monoisotopic (exact) mass is 365 g/mol. The van der Waals surface area contributed by atoms with E-state index in [0.29, 0.717) is 5.69 Å². The van der Waals surface area contributed by atoms with Gasteiger partial charge in [0.1, 0.15) is 11.6 Å². The number of carboxylic acids is 1. The van der Waals surface area contributed by atoms with Gasteiger partial charge in [0, 0.05) is 19.5 Å². The molecule has 2 aromatic carbocycles. The number of rotatable bonds is 4. The van der Waals surface area contributed by atoms with Gasteiger partial charge in [-0.3, -0.25) is 9.59 Å². The molecule has 1 spiro atoms. The molecule has 7 nitrogen and oxygen atoms in total. The Morgan fingerprint density at radius 1 is 1.07 bits per heavy atom. The number of para-hydroxylation sites is 1. The molecule has 0 saturated carbocycles. The van der Waals surface area contributed by atoms with Crippen LogP contribution in [-0.2, 0) is 16.1 Å². The molecule has 4 rings (SSSR count). The highest BCUT2D eigenvalue weighted by Crippen LogP contribution is 2.39. The number of nitrogens with one attached hydrogen (secondary N) is 1. The second-order valence-electron chi connectivity index (χ2n) is 6.84. The van der Waals surface area contributed by atoms with Gasteiger partial charge in [-0.15, -0.1) is 0 Å². The molecule has 2 N–H and O–H groups in total. The Kier molecular flexibility index (Phi) is 4.16. The lowest BCUT2D eigenvalue weighted by molar-refractivity contribution is -0.139. The minimum atomic E-state index is -1.20. The molecule has 2 aliphatic heterocycles. The molecular formula is C20H19N3O4. The van der Waals surface area contributed by atoms with Gasteiger partial charge in [-0.2, -0.15) is 0 Å². The highest BCUT2D eigenvalue weighted by molar-refractivity contribution is 6.23. The molecule has 0 unspecified atom stereocenters. The third-order valence-electron chi connectivity index (χ3n) is 5.22. The van der Waals surface area contributed by atoms with E-state index in [1.54, 1.807) is 24.3 Å². The zero-order valence-corrected chi connectivity index (χ0v) is 14.5. The summed E-state index contributed by atoms with van der Waals surface area (Å²) in [6.45, 7) is 0.355. The minimum Gasteiger partial charge on any atom is -0.480 e. The van der Waals surface area contributed by atoms with Crippen LogP contribution in [-0.4, -0.2) is 46.0 Å². The van der Waals surface area contributed by atoms with E-state index < -0.39 is 23.6 Å². The van der Waals surface area contributed by atoms with Crippen molar-refractivity contribution in [2.24, 2.45) is 0 Å². The van der Waals surface area contributed by atoms with Crippen molar-refractivity contribution in [3.05, 3.63) is 66.2 Å². The molecule has 2 heterocycles. The topological polar surface area (TPSA) is 90.0 Å². The van der Waals surface area contributed by atoms with Crippen molar-refractivity contribution in [1.82, 2.24) is 10.2 Å². The van der Waals surface area contributed by atoms with Crippen LogP contribution >= 0.6 is 0 Å². The fourth-order valence-corrected chi connectivity index (χ4v) is 3.82. The van der Waals surface area contributed by atoms with Crippen molar-refractivity contribution in [2.45, 2.75) is 24.5 Å². The van der Waals surface area contributed by atoms with Crippen molar-refractivity contribution in [3.63, 3.8) is 0 Å². The summed E-state index contributed by atoms with van der Waals surface area (Å²) < 4.78 is 0. The number of anilines is 1. The van der Waals surface area contributed by atoms with Crippen LogP contribution in [0.25, 0.3) is 0 Å². The smallest absolute Gasteiger partial charge is 0.332 e. The molecule has 138 valence electrons. The highest BCUT2D eigenvalue weighted by Gasteiger charge is 2.61. The van der Waals surface area contributed by atoms with E-state index in [1.165, 1.54) is 4.90 Å². The van der Waals surface area contributed by atoms with Gasteiger partial charge in [0.05, 0.1) is 5.69 Å². The number of benzene rings is 2. The first-order chi connectivity index (χ1) is 13.0. The van der Waals surface area contributed by atoms with E-state index in [9.17, 15) is 19.5 Å². The summed E-state index contributed by atoms with van der Waals surface area (Å²) in [5.74, 6) is -1.41. The van der Waals surface area contributed by atoms with Crippen molar-refractivity contribution in [2.75, 3.05) is 11.4 Å². The molecule has 27 heavy (non-hydrogen) atoms. The number of amides is 3. The number of carboxylic acid groups (broad SMARTS) is 1. The van der Waals surface area contributed by atoms with Gasteiger partial charge in [0.25, 0.3) is 5.91 Å². The van der Waals surface area contributed by atoms with Crippen LogP contribution in [0.3, 0.4) is 0 Å². The molecule has 0 radical (unpaired) electrons. The average molecular weight is 365 g/mol. The number of nitrogens with zero attached hydrogens (tertiary/aromatic N) is 2. The van der Waals surface area contributed by atoms with Crippen LogP contribution in [0, 0.1) is 0 Å². The lowest BCUT2D eigenvalue weighted by atomic mass is 9.93. The van der Waals surface area contributed by atoms with Gasteiger partial charge >= 0.3 is 12.0 Å². The maximum atomic E-state index is 13.3. The second-order valence-corrected chi connectivity index (χ2v) is 6.84. The third-order valence-corrected chi connectivity index (χ3v) is 5.22. The van der Waals surface area contributed by atoms with E-state index in [-0.39, 0.29) is 25.4 Å². The summed E-state index contributed by atoms with van der Waals surface area (Å²) in [5, 5.41) is 12.3. The molecule has 2 fully saturated rings. The van der Waals surface area contributed by atoms with Gasteiger partial charge in [-0.1, -0.05) is 48.5 Å². The summed E-state index contributed by atoms with van der Waals surface area (Å²) in [5.41, 5.74) is 0.166. The van der Waals surface area contributed by atoms with E-state index in [4.69, 9.17) is 0 Å².